The Hall–Kier alpha value is -1.26. The first-order valence-electron chi connectivity index (χ1n) is 6.18. The molecule has 0 amide bonds. The monoisotopic (exact) mass is 253 g/mol. The van der Waals surface area contributed by atoms with Crippen molar-refractivity contribution in [2.75, 3.05) is 34.5 Å². The molecule has 0 fully saturated rings. The lowest BCUT2D eigenvalue weighted by atomic mass is 10.1. The second-order valence-corrected chi connectivity index (χ2v) is 4.10. The van der Waals surface area contributed by atoms with Crippen LogP contribution in [0.15, 0.2) is 18.2 Å². The first-order chi connectivity index (χ1) is 8.74. The lowest BCUT2D eigenvalue weighted by molar-refractivity contribution is 0.167. The Balaban J connectivity index is 2.76. The van der Waals surface area contributed by atoms with Crippen molar-refractivity contribution in [2.45, 2.75) is 19.4 Å². The van der Waals surface area contributed by atoms with Gasteiger partial charge in [0.05, 0.1) is 20.8 Å². The van der Waals surface area contributed by atoms with E-state index in [4.69, 9.17) is 14.2 Å². The van der Waals surface area contributed by atoms with Gasteiger partial charge in [-0.05, 0) is 30.7 Å². The zero-order valence-corrected chi connectivity index (χ0v) is 11.7. The Kier molecular flexibility index (Phi) is 6.54. The van der Waals surface area contributed by atoms with Crippen LogP contribution in [0.4, 0.5) is 0 Å². The molecular weight excluding hydrogens is 230 g/mol. The Morgan fingerprint density at radius 2 is 1.83 bits per heavy atom. The second kappa shape index (κ2) is 7.95. The van der Waals surface area contributed by atoms with Crippen molar-refractivity contribution in [2.24, 2.45) is 0 Å². The summed E-state index contributed by atoms with van der Waals surface area (Å²) in [7, 11) is 5.02. The van der Waals surface area contributed by atoms with E-state index in [0.717, 1.165) is 24.5 Å². The summed E-state index contributed by atoms with van der Waals surface area (Å²) in [5.74, 6) is 1.52. The van der Waals surface area contributed by atoms with Crippen molar-refractivity contribution in [1.29, 1.82) is 0 Å². The molecule has 1 unspecified atom stereocenters. The van der Waals surface area contributed by atoms with Gasteiger partial charge in [-0.15, -0.1) is 0 Å². The molecule has 0 spiro atoms. The minimum Gasteiger partial charge on any atom is -0.493 e. The molecule has 0 saturated heterocycles. The number of benzene rings is 1. The van der Waals surface area contributed by atoms with Crippen LogP contribution in [-0.4, -0.2) is 40.5 Å². The first kappa shape index (κ1) is 14.8. The van der Waals surface area contributed by atoms with Gasteiger partial charge in [-0.3, -0.25) is 0 Å². The van der Waals surface area contributed by atoms with E-state index in [9.17, 15) is 0 Å². The summed E-state index contributed by atoms with van der Waals surface area (Å²) in [5.41, 5.74) is 1.20. The Morgan fingerprint density at radius 3 is 2.39 bits per heavy atom. The summed E-state index contributed by atoms with van der Waals surface area (Å²) in [5, 5.41) is 3.40. The predicted molar refractivity (Wildman–Crippen MR) is 72.6 cm³/mol. The topological polar surface area (TPSA) is 39.7 Å². The maximum atomic E-state index is 5.30. The van der Waals surface area contributed by atoms with Gasteiger partial charge < -0.3 is 19.5 Å². The summed E-state index contributed by atoms with van der Waals surface area (Å²) in [6, 6.07) is 6.32. The number of likely N-dealkylation sites (N-methyl/N-ethyl adjacent to an activating group) is 1. The maximum absolute atomic E-state index is 5.30. The molecule has 1 N–H and O–H groups in total. The molecule has 1 rings (SSSR count). The van der Waals surface area contributed by atoms with E-state index in [2.05, 4.69) is 18.3 Å². The third-order valence-electron chi connectivity index (χ3n) is 2.79. The second-order valence-electron chi connectivity index (χ2n) is 4.10. The lowest BCUT2D eigenvalue weighted by Gasteiger charge is -2.17. The van der Waals surface area contributed by atoms with Crippen LogP contribution < -0.4 is 14.8 Å². The molecule has 1 aromatic carbocycles. The molecule has 102 valence electrons. The quantitative estimate of drug-likeness (QED) is 0.768. The van der Waals surface area contributed by atoms with Crippen LogP contribution in [0, 0.1) is 0 Å². The highest BCUT2D eigenvalue weighted by molar-refractivity contribution is 5.43. The van der Waals surface area contributed by atoms with E-state index in [1.165, 1.54) is 5.56 Å². The fourth-order valence-corrected chi connectivity index (χ4v) is 1.97. The molecule has 1 aromatic rings. The highest BCUT2D eigenvalue weighted by Gasteiger charge is 2.10. The van der Waals surface area contributed by atoms with Gasteiger partial charge in [-0.25, -0.2) is 0 Å². The van der Waals surface area contributed by atoms with Gasteiger partial charge in [0, 0.05) is 13.2 Å². The number of rotatable bonds is 8. The maximum Gasteiger partial charge on any atom is 0.160 e. The van der Waals surface area contributed by atoms with Crippen molar-refractivity contribution in [3.8, 4) is 11.5 Å². The van der Waals surface area contributed by atoms with Gasteiger partial charge >= 0.3 is 0 Å². The predicted octanol–water partition coefficient (Wildman–Crippen LogP) is 1.87. The van der Waals surface area contributed by atoms with Crippen LogP contribution >= 0.6 is 0 Å². The zero-order valence-electron chi connectivity index (χ0n) is 11.7. The van der Waals surface area contributed by atoms with Crippen molar-refractivity contribution < 1.29 is 14.2 Å². The smallest absolute Gasteiger partial charge is 0.160 e. The number of hydrogen-bond donors (Lipinski definition) is 1. The SMILES string of the molecule is CCNC(COC)Cc1ccc(OC)c(OC)c1. The van der Waals surface area contributed by atoms with Gasteiger partial charge in [-0.1, -0.05) is 13.0 Å². The molecule has 4 heteroatoms. The number of ether oxygens (including phenoxy) is 3. The average Bonchev–Trinajstić information content (AvgIpc) is 2.39. The first-order valence-corrected chi connectivity index (χ1v) is 6.18. The number of hydrogen-bond acceptors (Lipinski definition) is 4. The van der Waals surface area contributed by atoms with E-state index in [-0.39, 0.29) is 0 Å². The molecule has 0 aromatic heterocycles. The van der Waals surface area contributed by atoms with Crippen molar-refractivity contribution in [3.63, 3.8) is 0 Å². The van der Waals surface area contributed by atoms with Crippen LogP contribution in [0.5, 0.6) is 11.5 Å². The molecule has 0 aliphatic rings. The Labute approximate surface area is 109 Å². The fourth-order valence-electron chi connectivity index (χ4n) is 1.97. The van der Waals surface area contributed by atoms with Crippen molar-refractivity contribution in [3.05, 3.63) is 23.8 Å². The highest BCUT2D eigenvalue weighted by atomic mass is 16.5. The molecule has 0 bridgehead atoms. The molecule has 0 radical (unpaired) electrons. The number of methoxy groups -OCH3 is 3. The van der Waals surface area contributed by atoms with E-state index in [1.54, 1.807) is 21.3 Å². The summed E-state index contributed by atoms with van der Waals surface area (Å²) in [4.78, 5) is 0. The van der Waals surface area contributed by atoms with E-state index in [0.29, 0.717) is 12.6 Å². The number of nitrogens with one attached hydrogen (secondary N) is 1. The van der Waals surface area contributed by atoms with Gasteiger partial charge in [0.25, 0.3) is 0 Å². The zero-order chi connectivity index (χ0) is 13.4. The van der Waals surface area contributed by atoms with Crippen LogP contribution in [0.2, 0.25) is 0 Å². The van der Waals surface area contributed by atoms with E-state index in [1.807, 2.05) is 12.1 Å². The van der Waals surface area contributed by atoms with Gasteiger partial charge in [0.2, 0.25) is 0 Å². The third-order valence-corrected chi connectivity index (χ3v) is 2.79. The van der Waals surface area contributed by atoms with Crippen LogP contribution in [0.25, 0.3) is 0 Å². The van der Waals surface area contributed by atoms with Crippen LogP contribution in [0.3, 0.4) is 0 Å². The normalized spacial score (nSPS) is 12.2. The molecule has 4 nitrogen and oxygen atoms in total. The molecule has 0 heterocycles. The molecular formula is C14H23NO3. The standard InChI is InChI=1S/C14H23NO3/c1-5-15-12(10-16-2)8-11-6-7-13(17-3)14(9-11)18-4/h6-7,9,12,15H,5,8,10H2,1-4H3. The molecule has 18 heavy (non-hydrogen) atoms. The van der Waals surface area contributed by atoms with Gasteiger partial charge in [-0.2, -0.15) is 0 Å². The largest absolute Gasteiger partial charge is 0.493 e. The molecule has 0 aliphatic heterocycles. The molecule has 1 atom stereocenters. The lowest BCUT2D eigenvalue weighted by Crippen LogP contribution is -2.34. The minimum absolute atomic E-state index is 0.318. The summed E-state index contributed by atoms with van der Waals surface area (Å²) in [6.07, 6.45) is 0.905. The summed E-state index contributed by atoms with van der Waals surface area (Å²) in [6.45, 7) is 3.72. The van der Waals surface area contributed by atoms with Crippen molar-refractivity contribution >= 4 is 0 Å². The minimum atomic E-state index is 0.318. The molecule has 0 aliphatic carbocycles. The fraction of sp³-hybridized carbons (Fsp3) is 0.571. The highest BCUT2D eigenvalue weighted by Crippen LogP contribution is 2.27. The van der Waals surface area contributed by atoms with Gasteiger partial charge in [0.15, 0.2) is 11.5 Å². The molecule has 0 saturated carbocycles. The third kappa shape index (κ3) is 4.20. The van der Waals surface area contributed by atoms with E-state index >= 15 is 0 Å². The average molecular weight is 253 g/mol. The summed E-state index contributed by atoms with van der Waals surface area (Å²) >= 11 is 0. The van der Waals surface area contributed by atoms with Crippen LogP contribution in [-0.2, 0) is 11.2 Å². The summed E-state index contributed by atoms with van der Waals surface area (Å²) < 4.78 is 15.7. The Bertz CT molecular complexity index is 349. The van der Waals surface area contributed by atoms with Gasteiger partial charge in [0.1, 0.15) is 0 Å². The van der Waals surface area contributed by atoms with Crippen molar-refractivity contribution in [1.82, 2.24) is 5.32 Å². The van der Waals surface area contributed by atoms with E-state index < -0.39 is 0 Å². The van der Waals surface area contributed by atoms with Crippen LogP contribution in [0.1, 0.15) is 12.5 Å². The Morgan fingerprint density at radius 1 is 1.11 bits per heavy atom.